The van der Waals surface area contributed by atoms with Gasteiger partial charge in [0.1, 0.15) is 11.5 Å². The minimum atomic E-state index is -3.02. The van der Waals surface area contributed by atoms with Crippen molar-refractivity contribution in [2.45, 2.75) is 0 Å². The van der Waals surface area contributed by atoms with E-state index in [4.69, 9.17) is 4.74 Å². The van der Waals surface area contributed by atoms with Gasteiger partial charge >= 0.3 is 7.47 Å². The molecule has 0 N–H and O–H groups in total. The van der Waals surface area contributed by atoms with Gasteiger partial charge in [0.05, 0.1) is 7.11 Å². The van der Waals surface area contributed by atoms with Crippen LogP contribution in [0.25, 0.3) is 5.76 Å². The maximum atomic E-state index is 12.6. The number of methoxy groups -OCH3 is 1. The molecule has 0 atom stereocenters. The van der Waals surface area contributed by atoms with E-state index in [-0.39, 0.29) is 5.76 Å². The number of allylic oxidation sites excluding steroid dienone is 1. The Labute approximate surface area is 146 Å². The topological polar surface area (TPSA) is 35.5 Å². The van der Waals surface area contributed by atoms with Crippen LogP contribution in [-0.4, -0.2) is 20.4 Å². The van der Waals surface area contributed by atoms with Crippen molar-refractivity contribution in [3.05, 3.63) is 69.3 Å². The maximum absolute atomic E-state index is 12.6. The summed E-state index contributed by atoms with van der Waals surface area (Å²) >= 11 is 2.11. The summed E-state index contributed by atoms with van der Waals surface area (Å²) in [5.74, 6) is -0.0202. The van der Waals surface area contributed by atoms with E-state index in [1.54, 1.807) is 48.5 Å². The second-order valence-electron chi connectivity index (χ2n) is 4.49. The van der Waals surface area contributed by atoms with Crippen LogP contribution < -0.4 is 4.74 Å². The summed E-state index contributed by atoms with van der Waals surface area (Å²) in [5.41, 5.74) is 0.763. The first-order valence-corrected chi connectivity index (χ1v) is 7.68. The van der Waals surface area contributed by atoms with E-state index < -0.39 is 13.3 Å². The summed E-state index contributed by atoms with van der Waals surface area (Å²) < 4.78 is 35.7. The predicted molar refractivity (Wildman–Crippen MR) is 93.5 cm³/mol. The molecule has 0 fully saturated rings. The maximum Gasteiger partial charge on any atom is 0.796 e. The molecule has 2 aromatic rings. The quantitative estimate of drug-likeness (QED) is 0.224. The van der Waals surface area contributed by atoms with E-state index in [0.29, 0.717) is 16.9 Å². The summed E-state index contributed by atoms with van der Waals surface area (Å²) in [6.45, 7) is 0. The summed E-state index contributed by atoms with van der Waals surface area (Å²) in [5, 5.41) is 0. The second-order valence-corrected chi connectivity index (χ2v) is 5.73. The van der Waals surface area contributed by atoms with Crippen LogP contribution >= 0.6 is 22.6 Å². The Balaban J connectivity index is 2.32. The molecule has 0 unspecified atom stereocenters. The molecule has 3 nitrogen and oxygen atoms in total. The van der Waals surface area contributed by atoms with Gasteiger partial charge in [-0.15, -0.1) is 0 Å². The number of rotatable bonds is 6. The molecule has 0 saturated carbocycles. The van der Waals surface area contributed by atoms with Gasteiger partial charge < -0.3 is 9.39 Å². The molecule has 2 aromatic carbocycles. The third-order valence-electron chi connectivity index (χ3n) is 2.98. The Morgan fingerprint density at radius 2 is 1.61 bits per heavy atom. The Kier molecular flexibility index (Phi) is 6.15. The molecule has 118 valence electrons. The summed E-state index contributed by atoms with van der Waals surface area (Å²) in [4.78, 5) is 12.2. The monoisotopic (exact) mass is 428 g/mol. The van der Waals surface area contributed by atoms with Crippen LogP contribution in [0.1, 0.15) is 15.9 Å². The Morgan fingerprint density at radius 1 is 1.04 bits per heavy atom. The van der Waals surface area contributed by atoms with E-state index in [2.05, 4.69) is 27.2 Å². The van der Waals surface area contributed by atoms with Crippen LogP contribution in [0.5, 0.6) is 5.75 Å². The van der Waals surface area contributed by atoms with E-state index in [0.717, 1.165) is 9.65 Å². The number of carbonyl (C=O) groups excluding carboxylic acids is 1. The molecule has 0 aliphatic heterocycles. The molecule has 0 aliphatic carbocycles. The van der Waals surface area contributed by atoms with Crippen LogP contribution in [0.3, 0.4) is 0 Å². The highest BCUT2D eigenvalue weighted by Gasteiger charge is 2.21. The van der Waals surface area contributed by atoms with Crippen LogP contribution in [0.4, 0.5) is 8.63 Å². The molecule has 23 heavy (non-hydrogen) atoms. The molecule has 7 heteroatoms. The molecule has 0 saturated heterocycles. The molecular weight excluding hydrogens is 416 g/mol. The number of hydrogen-bond donors (Lipinski definition) is 0. The summed E-state index contributed by atoms with van der Waals surface area (Å²) in [6, 6.07) is 13.1. The van der Waals surface area contributed by atoms with Crippen molar-refractivity contribution >= 4 is 41.6 Å². The normalized spacial score (nSPS) is 11.0. The standard InChI is InChI=1S/C16H12BF2IO3/c1-22-14-8-4-12(5-9-14)16(23-17(18)19)10-15(21)11-2-6-13(20)7-3-11/h2-10H,1H3/b16-10-. The lowest BCUT2D eigenvalue weighted by Crippen LogP contribution is -2.06. The zero-order valence-corrected chi connectivity index (χ0v) is 14.3. The molecule has 2 rings (SSSR count). The third-order valence-corrected chi connectivity index (χ3v) is 3.70. The van der Waals surface area contributed by atoms with Crippen molar-refractivity contribution in [2.75, 3.05) is 7.11 Å². The fourth-order valence-corrected chi connectivity index (χ4v) is 2.21. The summed E-state index contributed by atoms with van der Waals surface area (Å²) in [6.07, 6.45) is 1.07. The minimum Gasteiger partial charge on any atom is -0.505 e. The average Bonchev–Trinajstić information content (AvgIpc) is 2.54. The van der Waals surface area contributed by atoms with Gasteiger partial charge in [0.25, 0.3) is 0 Å². The zero-order valence-electron chi connectivity index (χ0n) is 12.1. The van der Waals surface area contributed by atoms with E-state index in [1.165, 1.54) is 7.11 Å². The fraction of sp³-hybridized carbons (Fsp3) is 0.0625. The predicted octanol–water partition coefficient (Wildman–Crippen LogP) is 4.46. The first-order chi connectivity index (χ1) is 11.0. The number of ketones is 1. The molecule has 0 amide bonds. The van der Waals surface area contributed by atoms with Crippen LogP contribution in [0.2, 0.25) is 0 Å². The van der Waals surface area contributed by atoms with Gasteiger partial charge in [0.15, 0.2) is 5.78 Å². The molecule has 0 aromatic heterocycles. The number of carbonyl (C=O) groups is 1. The lowest BCUT2D eigenvalue weighted by Gasteiger charge is -2.09. The van der Waals surface area contributed by atoms with Crippen molar-refractivity contribution in [1.82, 2.24) is 0 Å². The van der Waals surface area contributed by atoms with Gasteiger partial charge in [0.2, 0.25) is 0 Å². The van der Waals surface area contributed by atoms with Gasteiger partial charge in [0, 0.05) is 20.8 Å². The third kappa shape index (κ3) is 5.06. The number of halogens is 3. The lowest BCUT2D eigenvalue weighted by atomic mass is 10.1. The molecular formula is C16H12BF2IO3. The molecule has 0 bridgehead atoms. The Morgan fingerprint density at radius 3 is 2.13 bits per heavy atom. The van der Waals surface area contributed by atoms with Gasteiger partial charge in [-0.3, -0.25) is 4.79 Å². The largest absolute Gasteiger partial charge is 0.796 e. The molecule has 0 heterocycles. The van der Waals surface area contributed by atoms with Crippen molar-refractivity contribution < 1.29 is 22.8 Å². The van der Waals surface area contributed by atoms with Gasteiger partial charge in [-0.25, -0.2) is 8.63 Å². The second kappa shape index (κ2) is 8.10. The number of hydrogen-bond acceptors (Lipinski definition) is 3. The first kappa shape index (κ1) is 17.5. The number of benzene rings is 2. The van der Waals surface area contributed by atoms with Crippen LogP contribution in [0.15, 0.2) is 54.6 Å². The zero-order chi connectivity index (χ0) is 16.8. The lowest BCUT2D eigenvalue weighted by molar-refractivity contribution is 0.104. The van der Waals surface area contributed by atoms with Crippen molar-refractivity contribution in [2.24, 2.45) is 0 Å². The van der Waals surface area contributed by atoms with E-state index in [1.807, 2.05) is 0 Å². The van der Waals surface area contributed by atoms with Crippen molar-refractivity contribution in [3.8, 4) is 5.75 Å². The fourth-order valence-electron chi connectivity index (χ4n) is 1.85. The van der Waals surface area contributed by atoms with E-state index >= 15 is 0 Å². The van der Waals surface area contributed by atoms with E-state index in [9.17, 15) is 13.4 Å². The first-order valence-electron chi connectivity index (χ1n) is 6.60. The highest BCUT2D eigenvalue weighted by molar-refractivity contribution is 14.1. The van der Waals surface area contributed by atoms with Crippen molar-refractivity contribution in [1.29, 1.82) is 0 Å². The van der Waals surface area contributed by atoms with Gasteiger partial charge in [-0.05, 0) is 59.0 Å². The molecule has 0 radical (unpaired) electrons. The van der Waals surface area contributed by atoms with Gasteiger partial charge in [-0.2, -0.15) is 0 Å². The average molecular weight is 428 g/mol. The minimum absolute atomic E-state index is 0.189. The van der Waals surface area contributed by atoms with Crippen LogP contribution in [-0.2, 0) is 4.65 Å². The Hall–Kier alpha value is -1.90. The van der Waals surface area contributed by atoms with Crippen LogP contribution in [0, 0.1) is 3.57 Å². The van der Waals surface area contributed by atoms with Gasteiger partial charge in [-0.1, -0.05) is 12.1 Å². The molecule has 0 spiro atoms. The highest BCUT2D eigenvalue weighted by atomic mass is 127. The number of ether oxygens (including phenoxy) is 1. The Bertz CT molecular complexity index is 700. The molecule has 0 aliphatic rings. The smallest absolute Gasteiger partial charge is 0.505 e. The SMILES string of the molecule is COc1ccc(/C(=C/C(=O)c2ccc(I)cc2)OB(F)F)cc1. The highest BCUT2D eigenvalue weighted by Crippen LogP contribution is 2.22. The summed E-state index contributed by atoms with van der Waals surface area (Å²) in [7, 11) is -1.52. The van der Waals surface area contributed by atoms with Crippen molar-refractivity contribution in [3.63, 3.8) is 0 Å².